The van der Waals surface area contributed by atoms with Crippen LogP contribution < -0.4 is 4.74 Å². The van der Waals surface area contributed by atoms with E-state index in [4.69, 9.17) is 9.47 Å². The summed E-state index contributed by atoms with van der Waals surface area (Å²) in [5.41, 5.74) is 5.70. The van der Waals surface area contributed by atoms with Gasteiger partial charge >= 0.3 is 5.97 Å². The second kappa shape index (κ2) is 11.9. The van der Waals surface area contributed by atoms with Gasteiger partial charge in [0, 0.05) is 0 Å². The Hall–Kier alpha value is -2.29. The van der Waals surface area contributed by atoms with Crippen LogP contribution in [0.5, 0.6) is 5.75 Å². The molecular formula is C28H38O3. The van der Waals surface area contributed by atoms with E-state index in [1.165, 1.54) is 54.4 Å². The quantitative estimate of drug-likeness (QED) is 0.264. The van der Waals surface area contributed by atoms with Crippen LogP contribution in [0.15, 0.2) is 36.4 Å². The monoisotopic (exact) mass is 422 g/mol. The number of carbonyl (C=O) groups excluding carboxylic acids is 1. The summed E-state index contributed by atoms with van der Waals surface area (Å²) in [5, 5.41) is 0. The number of unbranched alkanes of at least 4 members (excludes halogenated alkanes) is 5. The smallest absolute Gasteiger partial charge is 0.338 e. The molecular weight excluding hydrogens is 384 g/mol. The number of rotatable bonds is 12. The highest BCUT2D eigenvalue weighted by molar-refractivity contribution is 5.91. The van der Waals surface area contributed by atoms with Gasteiger partial charge in [0.05, 0.1) is 18.8 Å². The second-order valence-corrected chi connectivity index (χ2v) is 8.92. The summed E-state index contributed by atoms with van der Waals surface area (Å²) in [5.74, 6) is 1.15. The van der Waals surface area contributed by atoms with Crippen molar-refractivity contribution < 1.29 is 14.3 Å². The van der Waals surface area contributed by atoms with Crippen LogP contribution in [-0.2, 0) is 17.6 Å². The Bertz CT molecular complexity index is 855. The Morgan fingerprint density at radius 3 is 2.32 bits per heavy atom. The molecule has 3 nitrogen and oxygen atoms in total. The molecule has 0 fully saturated rings. The summed E-state index contributed by atoms with van der Waals surface area (Å²) in [6.07, 6.45) is 10.6. The first kappa shape index (κ1) is 23.4. The van der Waals surface area contributed by atoms with Gasteiger partial charge in [-0.25, -0.2) is 4.79 Å². The highest BCUT2D eigenvalue weighted by Gasteiger charge is 2.19. The van der Waals surface area contributed by atoms with Gasteiger partial charge < -0.3 is 9.47 Å². The topological polar surface area (TPSA) is 35.5 Å². The van der Waals surface area contributed by atoms with E-state index in [1.54, 1.807) is 0 Å². The number of benzene rings is 2. The van der Waals surface area contributed by atoms with Gasteiger partial charge in [0.25, 0.3) is 0 Å². The van der Waals surface area contributed by atoms with Crippen LogP contribution in [0, 0.1) is 5.92 Å². The Morgan fingerprint density at radius 2 is 1.58 bits per heavy atom. The molecule has 1 aliphatic rings. The SMILES string of the molecule is CCCCCCCCOc1ccc2c(c1)CCc1cc(C(=O)OC[C@@H](C)CC)ccc1-2. The van der Waals surface area contributed by atoms with Crippen LogP contribution in [-0.4, -0.2) is 19.2 Å². The number of esters is 1. The molecule has 0 saturated heterocycles. The fraction of sp³-hybridized carbons (Fsp3) is 0.536. The number of fused-ring (bicyclic) bond motifs is 3. The van der Waals surface area contributed by atoms with Gasteiger partial charge in [-0.1, -0.05) is 71.4 Å². The van der Waals surface area contributed by atoms with Gasteiger partial charge in [0.1, 0.15) is 5.75 Å². The Balaban J connectivity index is 1.58. The summed E-state index contributed by atoms with van der Waals surface area (Å²) in [6, 6.07) is 12.4. The average molecular weight is 423 g/mol. The predicted molar refractivity (Wildman–Crippen MR) is 128 cm³/mol. The fourth-order valence-electron chi connectivity index (χ4n) is 4.08. The fourth-order valence-corrected chi connectivity index (χ4v) is 4.08. The average Bonchev–Trinajstić information content (AvgIpc) is 2.81. The van der Waals surface area contributed by atoms with Crippen molar-refractivity contribution in [1.29, 1.82) is 0 Å². The van der Waals surface area contributed by atoms with Gasteiger partial charge in [0.15, 0.2) is 0 Å². The van der Waals surface area contributed by atoms with Crippen molar-refractivity contribution in [2.45, 2.75) is 78.6 Å². The van der Waals surface area contributed by atoms with E-state index in [0.717, 1.165) is 38.0 Å². The van der Waals surface area contributed by atoms with E-state index in [9.17, 15) is 4.79 Å². The normalized spacial score (nSPS) is 13.3. The van der Waals surface area contributed by atoms with Crippen molar-refractivity contribution in [2.75, 3.05) is 13.2 Å². The molecule has 0 bridgehead atoms. The largest absolute Gasteiger partial charge is 0.494 e. The van der Waals surface area contributed by atoms with E-state index in [2.05, 4.69) is 45.0 Å². The minimum absolute atomic E-state index is 0.215. The van der Waals surface area contributed by atoms with Crippen LogP contribution >= 0.6 is 0 Å². The van der Waals surface area contributed by atoms with Gasteiger partial charge in [-0.2, -0.15) is 0 Å². The van der Waals surface area contributed by atoms with E-state index in [1.807, 2.05) is 12.1 Å². The van der Waals surface area contributed by atoms with Crippen molar-refractivity contribution >= 4 is 5.97 Å². The zero-order chi connectivity index (χ0) is 22.1. The van der Waals surface area contributed by atoms with E-state index >= 15 is 0 Å². The lowest BCUT2D eigenvalue weighted by Crippen LogP contribution is -2.13. The lowest BCUT2D eigenvalue weighted by atomic mass is 9.84. The number of carbonyl (C=O) groups is 1. The number of ether oxygens (including phenoxy) is 2. The molecule has 0 amide bonds. The van der Waals surface area contributed by atoms with Crippen LogP contribution in [0.2, 0.25) is 0 Å². The molecule has 0 aliphatic heterocycles. The van der Waals surface area contributed by atoms with Crippen molar-refractivity contribution in [3.05, 3.63) is 53.1 Å². The minimum atomic E-state index is -0.215. The van der Waals surface area contributed by atoms with Gasteiger partial charge in [-0.3, -0.25) is 0 Å². The minimum Gasteiger partial charge on any atom is -0.494 e. The highest BCUT2D eigenvalue weighted by atomic mass is 16.5. The third kappa shape index (κ3) is 6.59. The summed E-state index contributed by atoms with van der Waals surface area (Å²) < 4.78 is 11.5. The molecule has 0 spiro atoms. The van der Waals surface area contributed by atoms with Crippen LogP contribution in [0.3, 0.4) is 0 Å². The molecule has 168 valence electrons. The molecule has 0 radical (unpaired) electrons. The van der Waals surface area contributed by atoms with Crippen LogP contribution in [0.4, 0.5) is 0 Å². The first-order valence-corrected chi connectivity index (χ1v) is 12.2. The van der Waals surface area contributed by atoms with Crippen molar-refractivity contribution in [2.24, 2.45) is 5.92 Å². The predicted octanol–water partition coefficient (Wildman–Crippen LogP) is 7.39. The first-order valence-electron chi connectivity index (χ1n) is 12.2. The molecule has 0 N–H and O–H groups in total. The summed E-state index contributed by atoms with van der Waals surface area (Å²) >= 11 is 0. The van der Waals surface area contributed by atoms with E-state index in [0.29, 0.717) is 18.1 Å². The Kier molecular flexibility index (Phi) is 8.99. The maximum atomic E-state index is 12.4. The summed E-state index contributed by atoms with van der Waals surface area (Å²) in [6.45, 7) is 7.74. The summed E-state index contributed by atoms with van der Waals surface area (Å²) in [4.78, 5) is 12.4. The Labute approximate surface area is 188 Å². The van der Waals surface area contributed by atoms with Crippen molar-refractivity contribution in [3.63, 3.8) is 0 Å². The van der Waals surface area contributed by atoms with E-state index in [-0.39, 0.29) is 5.97 Å². The maximum Gasteiger partial charge on any atom is 0.338 e. The molecule has 3 heteroatoms. The standard InChI is InChI=1S/C28H38O3/c1-4-6-7-8-9-10-17-30-25-14-16-27-23(19-25)12-11-22-18-24(13-15-26(22)27)28(29)31-20-21(3)5-2/h13-16,18-19,21H,4-12,17,20H2,1-3H3/t21-/m0/s1. The molecule has 2 aromatic rings. The third-order valence-corrected chi connectivity index (χ3v) is 6.33. The Morgan fingerprint density at radius 1 is 0.903 bits per heavy atom. The molecule has 0 saturated carbocycles. The number of hydrogen-bond acceptors (Lipinski definition) is 3. The van der Waals surface area contributed by atoms with Gasteiger partial charge in [-0.05, 0) is 71.7 Å². The molecule has 2 aromatic carbocycles. The number of hydrogen-bond donors (Lipinski definition) is 0. The summed E-state index contributed by atoms with van der Waals surface area (Å²) in [7, 11) is 0. The first-order chi connectivity index (χ1) is 15.1. The van der Waals surface area contributed by atoms with Crippen LogP contribution in [0.25, 0.3) is 11.1 Å². The maximum absolute atomic E-state index is 12.4. The van der Waals surface area contributed by atoms with Crippen molar-refractivity contribution in [1.82, 2.24) is 0 Å². The molecule has 31 heavy (non-hydrogen) atoms. The zero-order valence-electron chi connectivity index (χ0n) is 19.5. The lowest BCUT2D eigenvalue weighted by molar-refractivity contribution is 0.0447. The van der Waals surface area contributed by atoms with Gasteiger partial charge in [-0.15, -0.1) is 0 Å². The molecule has 0 unspecified atom stereocenters. The lowest BCUT2D eigenvalue weighted by Gasteiger charge is -2.21. The van der Waals surface area contributed by atoms with Crippen molar-refractivity contribution in [3.8, 4) is 16.9 Å². The molecule has 1 aliphatic carbocycles. The molecule has 0 heterocycles. The second-order valence-electron chi connectivity index (χ2n) is 8.92. The molecule has 0 aromatic heterocycles. The van der Waals surface area contributed by atoms with Crippen LogP contribution in [0.1, 0.15) is 87.2 Å². The van der Waals surface area contributed by atoms with E-state index < -0.39 is 0 Å². The third-order valence-electron chi connectivity index (χ3n) is 6.33. The molecule has 3 rings (SSSR count). The highest BCUT2D eigenvalue weighted by Crippen LogP contribution is 2.36. The molecule has 1 atom stereocenters. The van der Waals surface area contributed by atoms with Gasteiger partial charge in [0.2, 0.25) is 0 Å². The zero-order valence-corrected chi connectivity index (χ0v) is 19.5. The number of aryl methyl sites for hydroxylation is 2.